The normalized spacial score (nSPS) is 12.6. The summed E-state index contributed by atoms with van der Waals surface area (Å²) in [5, 5.41) is 0. The Bertz CT molecular complexity index is 336. The second kappa shape index (κ2) is 4.53. The summed E-state index contributed by atoms with van der Waals surface area (Å²) in [4.78, 5) is 12.8. The molecule has 0 radical (unpaired) electrons. The summed E-state index contributed by atoms with van der Waals surface area (Å²) in [6.07, 6.45) is 0. The fourth-order valence-electron chi connectivity index (χ4n) is 0.906. The second-order valence-corrected chi connectivity index (χ2v) is 5.02. The van der Waals surface area contributed by atoms with Gasteiger partial charge in [0.1, 0.15) is 0 Å². The van der Waals surface area contributed by atoms with Crippen LogP contribution >= 0.6 is 41.2 Å². The van der Waals surface area contributed by atoms with Crippen molar-refractivity contribution >= 4 is 47.0 Å². The number of hydrogen-bond acceptors (Lipinski definition) is 3. The van der Waals surface area contributed by atoms with Gasteiger partial charge in [-0.25, -0.2) is 0 Å². The van der Waals surface area contributed by atoms with Crippen molar-refractivity contribution in [3.05, 3.63) is 23.8 Å². The number of alkyl halides is 1. The van der Waals surface area contributed by atoms with Crippen molar-refractivity contribution in [2.75, 3.05) is 0 Å². The van der Waals surface area contributed by atoms with Gasteiger partial charge in [0.15, 0.2) is 5.78 Å². The van der Waals surface area contributed by atoms with Gasteiger partial charge in [-0.1, -0.05) is 22.0 Å². The molecular weight excluding hydrogens is 268 g/mol. The number of halogens is 1. The molecule has 1 aromatic carbocycles. The molecule has 0 aliphatic heterocycles. The van der Waals surface area contributed by atoms with Gasteiger partial charge in [0.05, 0.1) is 4.83 Å². The van der Waals surface area contributed by atoms with E-state index < -0.39 is 0 Å². The van der Waals surface area contributed by atoms with Gasteiger partial charge in [0.25, 0.3) is 0 Å². The third kappa shape index (κ3) is 2.76. The number of ketones is 1. The number of hydrogen-bond donors (Lipinski definition) is 2. The Balaban J connectivity index is 3.04. The highest BCUT2D eigenvalue weighted by atomic mass is 79.9. The lowest BCUT2D eigenvalue weighted by atomic mass is 10.1. The van der Waals surface area contributed by atoms with E-state index in [-0.39, 0.29) is 10.6 Å². The summed E-state index contributed by atoms with van der Waals surface area (Å²) in [7, 11) is 0. The van der Waals surface area contributed by atoms with Crippen LogP contribution in [0, 0.1) is 0 Å². The molecule has 1 unspecified atom stereocenters. The third-order valence-corrected chi connectivity index (χ3v) is 2.97. The molecule has 1 nitrogen and oxygen atoms in total. The molecule has 13 heavy (non-hydrogen) atoms. The van der Waals surface area contributed by atoms with Crippen LogP contribution in [0.2, 0.25) is 0 Å². The first-order chi connectivity index (χ1) is 6.02. The van der Waals surface area contributed by atoms with E-state index in [1.54, 1.807) is 25.1 Å². The van der Waals surface area contributed by atoms with Crippen molar-refractivity contribution in [2.45, 2.75) is 21.5 Å². The largest absolute Gasteiger partial charge is 0.293 e. The predicted octanol–water partition coefficient (Wildman–Crippen LogP) is 3.23. The molecule has 0 amide bonds. The lowest BCUT2D eigenvalue weighted by Crippen LogP contribution is -2.09. The van der Waals surface area contributed by atoms with Crippen molar-refractivity contribution in [3.8, 4) is 0 Å². The number of carbonyl (C=O) groups is 1. The molecule has 0 fully saturated rings. The van der Waals surface area contributed by atoms with Gasteiger partial charge in [0.2, 0.25) is 0 Å². The molecule has 1 aromatic rings. The van der Waals surface area contributed by atoms with E-state index in [0.717, 1.165) is 9.79 Å². The lowest BCUT2D eigenvalue weighted by Gasteiger charge is -2.04. The number of Topliss-reactive ketones (excluding diaryl/α,β-unsaturated/α-hetero) is 1. The zero-order valence-corrected chi connectivity index (χ0v) is 10.4. The first-order valence-electron chi connectivity index (χ1n) is 3.72. The van der Waals surface area contributed by atoms with Crippen LogP contribution in [0.4, 0.5) is 0 Å². The summed E-state index contributed by atoms with van der Waals surface area (Å²) >= 11 is 11.6. The Kier molecular flexibility index (Phi) is 3.88. The van der Waals surface area contributed by atoms with Crippen molar-refractivity contribution < 1.29 is 4.79 Å². The topological polar surface area (TPSA) is 17.1 Å². The molecule has 0 saturated carbocycles. The zero-order valence-electron chi connectivity index (χ0n) is 6.99. The smallest absolute Gasteiger partial charge is 0.176 e. The van der Waals surface area contributed by atoms with E-state index in [4.69, 9.17) is 0 Å². The molecule has 0 aliphatic carbocycles. The number of rotatable bonds is 2. The maximum atomic E-state index is 11.5. The molecule has 1 rings (SSSR count). The quantitative estimate of drug-likeness (QED) is 0.482. The van der Waals surface area contributed by atoms with Crippen LogP contribution in [0.15, 0.2) is 28.0 Å². The summed E-state index contributed by atoms with van der Waals surface area (Å²) < 4.78 is 0. The van der Waals surface area contributed by atoms with Crippen molar-refractivity contribution in [1.29, 1.82) is 0 Å². The summed E-state index contributed by atoms with van der Waals surface area (Å²) in [6.45, 7) is 1.80. The summed E-state index contributed by atoms with van der Waals surface area (Å²) in [6, 6.07) is 5.25. The second-order valence-electron chi connectivity index (χ2n) is 2.68. The highest BCUT2D eigenvalue weighted by molar-refractivity contribution is 9.10. The Morgan fingerprint density at radius 1 is 1.38 bits per heavy atom. The van der Waals surface area contributed by atoms with E-state index in [1.165, 1.54) is 0 Å². The van der Waals surface area contributed by atoms with E-state index in [0.29, 0.717) is 5.56 Å². The Labute approximate surface area is 96.9 Å². The molecule has 0 aliphatic rings. The van der Waals surface area contributed by atoms with E-state index in [2.05, 4.69) is 41.2 Å². The van der Waals surface area contributed by atoms with Gasteiger partial charge in [-0.2, -0.15) is 0 Å². The standard InChI is InChI=1S/C9H9BrOS2/c1-5(10)9(11)6-2-3-7(12)8(13)4-6/h2-5,12-13H,1H3. The lowest BCUT2D eigenvalue weighted by molar-refractivity contribution is 0.0995. The van der Waals surface area contributed by atoms with Gasteiger partial charge in [-0.3, -0.25) is 4.79 Å². The highest BCUT2D eigenvalue weighted by Crippen LogP contribution is 2.21. The Hall–Kier alpha value is 0.0700. The average molecular weight is 277 g/mol. The van der Waals surface area contributed by atoms with Gasteiger partial charge in [-0.15, -0.1) is 25.3 Å². The summed E-state index contributed by atoms with van der Waals surface area (Å²) in [5.41, 5.74) is 0.659. The van der Waals surface area contributed by atoms with Gasteiger partial charge >= 0.3 is 0 Å². The highest BCUT2D eigenvalue weighted by Gasteiger charge is 2.12. The van der Waals surface area contributed by atoms with Crippen molar-refractivity contribution in [2.24, 2.45) is 0 Å². The number of carbonyl (C=O) groups excluding carboxylic acids is 1. The first kappa shape index (κ1) is 11.1. The van der Waals surface area contributed by atoms with Gasteiger partial charge in [0, 0.05) is 15.4 Å². The van der Waals surface area contributed by atoms with Crippen LogP contribution in [0.1, 0.15) is 17.3 Å². The SMILES string of the molecule is CC(Br)C(=O)c1ccc(S)c(S)c1. The Morgan fingerprint density at radius 3 is 2.46 bits per heavy atom. The monoisotopic (exact) mass is 276 g/mol. The van der Waals surface area contributed by atoms with Crippen LogP contribution < -0.4 is 0 Å². The molecule has 0 heterocycles. The van der Waals surface area contributed by atoms with Crippen LogP contribution in [0.3, 0.4) is 0 Å². The van der Waals surface area contributed by atoms with E-state index in [9.17, 15) is 4.79 Å². The molecule has 0 spiro atoms. The molecule has 0 N–H and O–H groups in total. The minimum atomic E-state index is -0.161. The zero-order chi connectivity index (χ0) is 10.0. The van der Waals surface area contributed by atoms with Crippen LogP contribution in [-0.4, -0.2) is 10.6 Å². The molecule has 1 atom stereocenters. The summed E-state index contributed by atoms with van der Waals surface area (Å²) in [5.74, 6) is 0.0589. The van der Waals surface area contributed by atoms with Crippen molar-refractivity contribution in [3.63, 3.8) is 0 Å². The fraction of sp³-hybridized carbons (Fsp3) is 0.222. The van der Waals surface area contributed by atoms with Gasteiger partial charge < -0.3 is 0 Å². The fourth-order valence-corrected chi connectivity index (χ4v) is 1.52. The van der Waals surface area contributed by atoms with Crippen molar-refractivity contribution in [1.82, 2.24) is 0 Å². The average Bonchev–Trinajstić information content (AvgIpc) is 2.08. The minimum Gasteiger partial charge on any atom is -0.293 e. The van der Waals surface area contributed by atoms with E-state index >= 15 is 0 Å². The number of benzene rings is 1. The maximum Gasteiger partial charge on any atom is 0.176 e. The molecule has 4 heteroatoms. The first-order valence-corrected chi connectivity index (χ1v) is 5.53. The minimum absolute atomic E-state index is 0.0589. The van der Waals surface area contributed by atoms with Gasteiger partial charge in [-0.05, 0) is 19.1 Å². The maximum absolute atomic E-state index is 11.5. The molecule has 0 saturated heterocycles. The van der Waals surface area contributed by atoms with Crippen LogP contribution in [0.25, 0.3) is 0 Å². The van der Waals surface area contributed by atoms with Crippen LogP contribution in [0.5, 0.6) is 0 Å². The molecular formula is C9H9BrOS2. The predicted molar refractivity (Wildman–Crippen MR) is 63.7 cm³/mol. The van der Waals surface area contributed by atoms with Crippen LogP contribution in [-0.2, 0) is 0 Å². The molecule has 0 bridgehead atoms. The Morgan fingerprint density at radius 2 is 2.00 bits per heavy atom. The molecule has 0 aromatic heterocycles. The van der Waals surface area contributed by atoms with E-state index in [1.807, 2.05) is 0 Å². The number of thiol groups is 2. The third-order valence-electron chi connectivity index (χ3n) is 1.62. The molecule has 70 valence electrons.